The largest absolute Gasteiger partial charge is 0.324 e. The lowest BCUT2D eigenvalue weighted by Crippen LogP contribution is -2.13. The number of carbonyl (C=O) groups excluding carboxylic acids is 1. The van der Waals surface area contributed by atoms with Gasteiger partial charge in [0.2, 0.25) is 5.91 Å². The molecule has 1 N–H and O–H groups in total. The average Bonchev–Trinajstić information content (AvgIpc) is 2.14. The molecule has 0 saturated carbocycles. The lowest BCUT2D eigenvalue weighted by Gasteiger charge is -2.09. The highest BCUT2D eigenvalue weighted by molar-refractivity contribution is 9.10. The Morgan fingerprint density at radius 1 is 1.43 bits per heavy atom. The molecule has 1 aromatic carbocycles. The number of aryl methyl sites for hydroxylation is 2. The summed E-state index contributed by atoms with van der Waals surface area (Å²) in [6.07, 6.45) is 0. The maximum atomic E-state index is 11.1. The molecule has 1 rings (SSSR count). The predicted molar refractivity (Wildman–Crippen MR) is 63.0 cm³/mol. The van der Waals surface area contributed by atoms with Crippen LogP contribution in [0, 0.1) is 13.8 Å². The number of amides is 1. The van der Waals surface area contributed by atoms with Crippen molar-refractivity contribution in [2.45, 2.75) is 13.8 Å². The van der Waals surface area contributed by atoms with Gasteiger partial charge in [-0.05, 0) is 53.0 Å². The predicted octanol–water partition coefficient (Wildman–Crippen LogP) is 3.24. The fourth-order valence-electron chi connectivity index (χ4n) is 1.06. The van der Waals surface area contributed by atoms with Gasteiger partial charge in [0, 0.05) is 4.47 Å². The molecular weight excluding hydrogens is 265 g/mol. The highest BCUT2D eigenvalue weighted by Crippen LogP contribution is 2.25. The normalized spacial score (nSPS) is 10.0. The van der Waals surface area contributed by atoms with Crippen molar-refractivity contribution in [1.29, 1.82) is 0 Å². The standard InChI is InChI=1S/C10H11BrClNO/c1-6-3-8(11)9(4-7(6)2)13-10(14)5-12/h3-4H,5H2,1-2H3,(H,13,14). The molecule has 2 nitrogen and oxygen atoms in total. The summed E-state index contributed by atoms with van der Waals surface area (Å²) >= 11 is 8.78. The van der Waals surface area contributed by atoms with Crippen molar-refractivity contribution in [3.8, 4) is 0 Å². The Hall–Kier alpha value is -0.540. The van der Waals surface area contributed by atoms with E-state index >= 15 is 0 Å². The van der Waals surface area contributed by atoms with E-state index in [2.05, 4.69) is 21.2 Å². The SMILES string of the molecule is Cc1cc(Br)c(NC(=O)CCl)cc1C. The first-order chi connectivity index (χ1) is 6.54. The first kappa shape index (κ1) is 11.5. The molecule has 0 fully saturated rings. The molecule has 4 heteroatoms. The van der Waals surface area contributed by atoms with Crippen LogP contribution in [0.3, 0.4) is 0 Å². The maximum absolute atomic E-state index is 11.1. The van der Waals surface area contributed by atoms with E-state index in [-0.39, 0.29) is 11.8 Å². The molecule has 0 atom stereocenters. The number of carbonyl (C=O) groups is 1. The van der Waals surface area contributed by atoms with Crippen LogP contribution in [-0.4, -0.2) is 11.8 Å². The molecule has 0 spiro atoms. The minimum absolute atomic E-state index is 0.0284. The van der Waals surface area contributed by atoms with Gasteiger partial charge in [-0.2, -0.15) is 0 Å². The highest BCUT2D eigenvalue weighted by atomic mass is 79.9. The molecule has 0 aliphatic carbocycles. The van der Waals surface area contributed by atoms with Gasteiger partial charge in [-0.1, -0.05) is 0 Å². The van der Waals surface area contributed by atoms with E-state index in [0.29, 0.717) is 0 Å². The van der Waals surface area contributed by atoms with E-state index in [1.807, 2.05) is 26.0 Å². The highest BCUT2D eigenvalue weighted by Gasteiger charge is 2.05. The summed E-state index contributed by atoms with van der Waals surface area (Å²) < 4.78 is 0.874. The van der Waals surface area contributed by atoms with Crippen molar-refractivity contribution in [1.82, 2.24) is 0 Å². The zero-order valence-corrected chi connectivity index (χ0v) is 10.4. The van der Waals surface area contributed by atoms with Gasteiger partial charge in [-0.25, -0.2) is 0 Å². The summed E-state index contributed by atoms with van der Waals surface area (Å²) in [6, 6.07) is 3.89. The van der Waals surface area contributed by atoms with E-state index in [0.717, 1.165) is 15.7 Å². The number of rotatable bonds is 2. The second-order valence-electron chi connectivity index (χ2n) is 3.10. The van der Waals surface area contributed by atoms with Crippen molar-refractivity contribution in [2.24, 2.45) is 0 Å². The van der Waals surface area contributed by atoms with Gasteiger partial charge in [-0.15, -0.1) is 11.6 Å². The number of hydrogen-bond acceptors (Lipinski definition) is 1. The summed E-state index contributed by atoms with van der Waals surface area (Å²) in [5.41, 5.74) is 3.08. The zero-order chi connectivity index (χ0) is 10.7. The number of anilines is 1. The molecule has 0 aliphatic heterocycles. The molecule has 0 bridgehead atoms. The van der Waals surface area contributed by atoms with Crippen LogP contribution < -0.4 is 5.32 Å². The lowest BCUT2D eigenvalue weighted by atomic mass is 10.1. The van der Waals surface area contributed by atoms with E-state index in [1.165, 1.54) is 5.56 Å². The molecule has 0 radical (unpaired) electrons. The minimum Gasteiger partial charge on any atom is -0.324 e. The van der Waals surface area contributed by atoms with Crippen LogP contribution in [0.4, 0.5) is 5.69 Å². The fourth-order valence-corrected chi connectivity index (χ4v) is 1.68. The van der Waals surface area contributed by atoms with Crippen molar-refractivity contribution < 1.29 is 4.79 Å². The minimum atomic E-state index is -0.199. The van der Waals surface area contributed by atoms with Gasteiger partial charge in [0.1, 0.15) is 5.88 Å². The number of hydrogen-bond donors (Lipinski definition) is 1. The van der Waals surface area contributed by atoms with Crippen LogP contribution in [-0.2, 0) is 4.79 Å². The second kappa shape index (κ2) is 4.80. The Kier molecular flexibility index (Phi) is 3.96. The summed E-state index contributed by atoms with van der Waals surface area (Å²) in [4.78, 5) is 11.1. The van der Waals surface area contributed by atoms with E-state index in [9.17, 15) is 4.79 Å². The van der Waals surface area contributed by atoms with Crippen LogP contribution in [0.2, 0.25) is 0 Å². The zero-order valence-electron chi connectivity index (χ0n) is 8.03. The lowest BCUT2D eigenvalue weighted by molar-refractivity contribution is -0.113. The van der Waals surface area contributed by atoms with E-state index in [4.69, 9.17) is 11.6 Å². The fraction of sp³-hybridized carbons (Fsp3) is 0.300. The Labute approximate surface area is 96.8 Å². The summed E-state index contributed by atoms with van der Waals surface area (Å²) in [5, 5.41) is 2.71. The second-order valence-corrected chi connectivity index (χ2v) is 4.22. The van der Waals surface area contributed by atoms with Crippen molar-refractivity contribution in [2.75, 3.05) is 11.2 Å². The third-order valence-electron chi connectivity index (χ3n) is 1.98. The Morgan fingerprint density at radius 3 is 2.57 bits per heavy atom. The maximum Gasteiger partial charge on any atom is 0.239 e. The Bertz CT molecular complexity index is 365. The molecule has 0 heterocycles. The molecular formula is C10H11BrClNO. The molecule has 0 aliphatic rings. The first-order valence-electron chi connectivity index (χ1n) is 4.17. The summed E-state index contributed by atoms with van der Waals surface area (Å²) in [5.74, 6) is -0.227. The molecule has 14 heavy (non-hydrogen) atoms. The van der Waals surface area contributed by atoms with Gasteiger partial charge in [0.15, 0.2) is 0 Å². The Morgan fingerprint density at radius 2 is 2.00 bits per heavy atom. The molecule has 76 valence electrons. The van der Waals surface area contributed by atoms with Gasteiger partial charge < -0.3 is 5.32 Å². The van der Waals surface area contributed by atoms with Crippen molar-refractivity contribution >= 4 is 39.1 Å². The first-order valence-corrected chi connectivity index (χ1v) is 5.50. The molecule has 1 amide bonds. The van der Waals surface area contributed by atoms with E-state index in [1.54, 1.807) is 0 Å². The molecule has 0 aromatic heterocycles. The van der Waals surface area contributed by atoms with Gasteiger partial charge in [0.25, 0.3) is 0 Å². The van der Waals surface area contributed by atoms with Crippen LogP contribution in [0.5, 0.6) is 0 Å². The number of benzene rings is 1. The van der Waals surface area contributed by atoms with Crippen molar-refractivity contribution in [3.05, 3.63) is 27.7 Å². The van der Waals surface area contributed by atoms with Gasteiger partial charge in [-0.3, -0.25) is 4.79 Å². The van der Waals surface area contributed by atoms with Crippen LogP contribution >= 0.6 is 27.5 Å². The van der Waals surface area contributed by atoms with Gasteiger partial charge in [0.05, 0.1) is 5.69 Å². The van der Waals surface area contributed by atoms with Gasteiger partial charge >= 0.3 is 0 Å². The molecule has 0 saturated heterocycles. The van der Waals surface area contributed by atoms with E-state index < -0.39 is 0 Å². The number of halogens is 2. The molecule has 1 aromatic rings. The smallest absolute Gasteiger partial charge is 0.239 e. The third-order valence-corrected chi connectivity index (χ3v) is 2.88. The summed E-state index contributed by atoms with van der Waals surface area (Å²) in [7, 11) is 0. The van der Waals surface area contributed by atoms with Crippen LogP contribution in [0.1, 0.15) is 11.1 Å². The summed E-state index contributed by atoms with van der Waals surface area (Å²) in [6.45, 7) is 4.02. The average molecular weight is 277 g/mol. The number of nitrogens with one attached hydrogen (secondary N) is 1. The third kappa shape index (κ3) is 2.72. The number of alkyl halides is 1. The Balaban J connectivity index is 2.98. The topological polar surface area (TPSA) is 29.1 Å². The van der Waals surface area contributed by atoms with Crippen molar-refractivity contribution in [3.63, 3.8) is 0 Å². The van der Waals surface area contributed by atoms with Crippen LogP contribution in [0.25, 0.3) is 0 Å². The van der Waals surface area contributed by atoms with Crippen LogP contribution in [0.15, 0.2) is 16.6 Å². The molecule has 0 unspecified atom stereocenters. The monoisotopic (exact) mass is 275 g/mol. The quantitative estimate of drug-likeness (QED) is 0.826.